The third-order valence-corrected chi connectivity index (χ3v) is 5.13. The number of nitrogens with zero attached hydrogens (tertiary/aromatic N) is 1. The van der Waals surface area contributed by atoms with Crippen molar-refractivity contribution in [1.82, 2.24) is 4.90 Å². The molecule has 0 aliphatic carbocycles. The molecule has 2 aromatic rings. The first kappa shape index (κ1) is 21.4. The number of carbonyl (C=O) groups is 3. The summed E-state index contributed by atoms with van der Waals surface area (Å²) in [7, 11) is 0. The van der Waals surface area contributed by atoms with Gasteiger partial charge in [0.05, 0.1) is 24.3 Å². The molecule has 7 nitrogen and oxygen atoms in total. The Morgan fingerprint density at radius 1 is 1.17 bits per heavy atom. The molecule has 3 rings (SSSR count). The normalized spacial score (nSPS) is 16.0. The van der Waals surface area contributed by atoms with E-state index >= 15 is 0 Å². The Bertz CT molecular complexity index is 926. The molecule has 0 bridgehead atoms. The zero-order valence-electron chi connectivity index (χ0n) is 16.9. The molecule has 1 heterocycles. The SMILES string of the molecule is CCOc1ccc(C(=O)N2CCC[C@@H](COc3cccc(O)c3C=O)C2)cc1C=O. The molecule has 30 heavy (non-hydrogen) atoms. The number of phenolic OH excluding ortho intramolecular Hbond substituents is 1. The van der Waals surface area contributed by atoms with E-state index in [1.165, 1.54) is 6.07 Å². The summed E-state index contributed by atoms with van der Waals surface area (Å²) in [5, 5.41) is 9.77. The lowest BCUT2D eigenvalue weighted by atomic mass is 9.98. The Labute approximate surface area is 175 Å². The lowest BCUT2D eigenvalue weighted by Crippen LogP contribution is -2.41. The minimum Gasteiger partial charge on any atom is -0.507 e. The molecule has 2 aromatic carbocycles. The van der Waals surface area contributed by atoms with Crippen LogP contribution >= 0.6 is 0 Å². The summed E-state index contributed by atoms with van der Waals surface area (Å²) < 4.78 is 11.2. The molecule has 0 aromatic heterocycles. The lowest BCUT2D eigenvalue weighted by Gasteiger charge is -2.33. The zero-order valence-corrected chi connectivity index (χ0v) is 16.9. The molecule has 1 atom stereocenters. The van der Waals surface area contributed by atoms with Crippen molar-refractivity contribution in [2.75, 3.05) is 26.3 Å². The number of hydrogen-bond acceptors (Lipinski definition) is 6. The summed E-state index contributed by atoms with van der Waals surface area (Å²) in [4.78, 5) is 37.2. The molecule has 0 saturated carbocycles. The molecule has 1 aliphatic heterocycles. The van der Waals surface area contributed by atoms with Crippen molar-refractivity contribution in [1.29, 1.82) is 0 Å². The Morgan fingerprint density at radius 3 is 2.73 bits per heavy atom. The van der Waals surface area contributed by atoms with E-state index in [-0.39, 0.29) is 23.1 Å². The first-order chi connectivity index (χ1) is 14.6. The van der Waals surface area contributed by atoms with Crippen molar-refractivity contribution in [2.24, 2.45) is 5.92 Å². The van der Waals surface area contributed by atoms with Crippen LogP contribution in [0.3, 0.4) is 0 Å². The Hall–Kier alpha value is -3.35. The van der Waals surface area contributed by atoms with Crippen LogP contribution in [0.4, 0.5) is 0 Å². The Morgan fingerprint density at radius 2 is 2.00 bits per heavy atom. The van der Waals surface area contributed by atoms with Crippen LogP contribution in [0.25, 0.3) is 0 Å². The van der Waals surface area contributed by atoms with Crippen LogP contribution in [0.15, 0.2) is 36.4 Å². The molecule has 158 valence electrons. The summed E-state index contributed by atoms with van der Waals surface area (Å²) in [6.07, 6.45) is 2.98. The topological polar surface area (TPSA) is 93.1 Å². The summed E-state index contributed by atoms with van der Waals surface area (Å²) in [5.74, 6) is 0.626. The van der Waals surface area contributed by atoms with Gasteiger partial charge in [-0.1, -0.05) is 6.07 Å². The molecule has 1 saturated heterocycles. The number of amides is 1. The highest BCUT2D eigenvalue weighted by atomic mass is 16.5. The van der Waals surface area contributed by atoms with Gasteiger partial charge in [-0.25, -0.2) is 0 Å². The van der Waals surface area contributed by atoms with E-state index in [4.69, 9.17) is 9.47 Å². The quantitative estimate of drug-likeness (QED) is 0.670. The fourth-order valence-corrected chi connectivity index (χ4v) is 3.61. The predicted octanol–water partition coefficient (Wildman–Crippen LogP) is 3.35. The molecular formula is C23H25NO6. The van der Waals surface area contributed by atoms with E-state index in [2.05, 4.69) is 0 Å². The standard InChI is InChI=1S/C23H25NO6/c1-2-29-21-9-8-17(11-18(21)13-25)23(28)24-10-4-5-16(12-24)15-30-22-7-3-6-20(27)19(22)14-26/h3,6-9,11,13-14,16,27H,2,4-5,10,12,15H2,1H3/t16-/m1/s1. The van der Waals surface area contributed by atoms with Crippen LogP contribution in [0.1, 0.15) is 50.8 Å². The molecule has 1 fully saturated rings. The average Bonchev–Trinajstić information content (AvgIpc) is 2.78. The largest absolute Gasteiger partial charge is 0.507 e. The van der Waals surface area contributed by atoms with Gasteiger partial charge in [-0.3, -0.25) is 14.4 Å². The van der Waals surface area contributed by atoms with Gasteiger partial charge in [-0.15, -0.1) is 0 Å². The highest BCUT2D eigenvalue weighted by Crippen LogP contribution is 2.27. The maximum atomic E-state index is 13.0. The van der Waals surface area contributed by atoms with Crippen LogP contribution in [-0.4, -0.2) is 54.8 Å². The van der Waals surface area contributed by atoms with E-state index in [1.54, 1.807) is 35.2 Å². The van der Waals surface area contributed by atoms with Gasteiger partial charge >= 0.3 is 0 Å². The van der Waals surface area contributed by atoms with Gasteiger partial charge in [0, 0.05) is 24.6 Å². The second-order valence-electron chi connectivity index (χ2n) is 7.18. The lowest BCUT2D eigenvalue weighted by molar-refractivity contribution is 0.0633. The van der Waals surface area contributed by atoms with Crippen molar-refractivity contribution < 1.29 is 29.0 Å². The van der Waals surface area contributed by atoms with E-state index in [9.17, 15) is 19.5 Å². The summed E-state index contributed by atoms with van der Waals surface area (Å²) in [6, 6.07) is 9.56. The monoisotopic (exact) mass is 411 g/mol. The molecule has 1 N–H and O–H groups in total. The Kier molecular flexibility index (Phi) is 7.06. The van der Waals surface area contributed by atoms with Crippen molar-refractivity contribution in [3.8, 4) is 17.2 Å². The molecule has 0 radical (unpaired) electrons. The van der Waals surface area contributed by atoms with Crippen molar-refractivity contribution >= 4 is 18.5 Å². The van der Waals surface area contributed by atoms with Crippen LogP contribution in [0, 0.1) is 5.92 Å². The molecular weight excluding hydrogens is 386 g/mol. The van der Waals surface area contributed by atoms with Gasteiger partial charge in [0.1, 0.15) is 17.2 Å². The van der Waals surface area contributed by atoms with Crippen LogP contribution in [0.5, 0.6) is 17.2 Å². The number of piperidine rings is 1. The molecule has 0 spiro atoms. The molecule has 1 amide bonds. The van der Waals surface area contributed by atoms with Crippen LogP contribution in [0.2, 0.25) is 0 Å². The number of aldehydes is 2. The second kappa shape index (κ2) is 9.91. The average molecular weight is 411 g/mol. The third-order valence-electron chi connectivity index (χ3n) is 5.13. The maximum absolute atomic E-state index is 13.0. The molecule has 1 aliphatic rings. The minimum atomic E-state index is -0.142. The van der Waals surface area contributed by atoms with Gasteiger partial charge in [0.25, 0.3) is 5.91 Å². The minimum absolute atomic E-state index is 0.0952. The fraction of sp³-hybridized carbons (Fsp3) is 0.348. The van der Waals surface area contributed by atoms with Gasteiger partial charge in [-0.2, -0.15) is 0 Å². The number of ether oxygens (including phenoxy) is 2. The van der Waals surface area contributed by atoms with Gasteiger partial charge in [-0.05, 0) is 50.1 Å². The number of phenols is 1. The smallest absolute Gasteiger partial charge is 0.253 e. The molecule has 7 heteroatoms. The number of benzene rings is 2. The summed E-state index contributed by atoms with van der Waals surface area (Å²) in [6.45, 7) is 3.74. The van der Waals surface area contributed by atoms with Crippen molar-refractivity contribution in [3.63, 3.8) is 0 Å². The predicted molar refractivity (Wildman–Crippen MR) is 111 cm³/mol. The summed E-state index contributed by atoms with van der Waals surface area (Å²) in [5.41, 5.74) is 0.917. The van der Waals surface area contributed by atoms with E-state index in [0.29, 0.717) is 61.5 Å². The first-order valence-corrected chi connectivity index (χ1v) is 9.98. The first-order valence-electron chi connectivity index (χ1n) is 9.98. The number of hydrogen-bond donors (Lipinski definition) is 1. The van der Waals surface area contributed by atoms with Gasteiger partial charge in [0.15, 0.2) is 12.6 Å². The highest BCUT2D eigenvalue weighted by Gasteiger charge is 2.26. The molecule has 0 unspecified atom stereocenters. The van der Waals surface area contributed by atoms with Crippen LogP contribution in [-0.2, 0) is 0 Å². The van der Waals surface area contributed by atoms with Gasteiger partial charge < -0.3 is 19.5 Å². The zero-order chi connectivity index (χ0) is 21.5. The number of likely N-dealkylation sites (tertiary alicyclic amines) is 1. The number of carbonyl (C=O) groups excluding carboxylic acids is 3. The number of aromatic hydroxyl groups is 1. The summed E-state index contributed by atoms with van der Waals surface area (Å²) >= 11 is 0. The third kappa shape index (κ3) is 4.79. The fourth-order valence-electron chi connectivity index (χ4n) is 3.61. The van der Waals surface area contributed by atoms with Gasteiger partial charge in [0.2, 0.25) is 0 Å². The van der Waals surface area contributed by atoms with E-state index in [0.717, 1.165) is 12.8 Å². The maximum Gasteiger partial charge on any atom is 0.253 e. The Balaban J connectivity index is 1.66. The van der Waals surface area contributed by atoms with E-state index in [1.807, 2.05) is 6.92 Å². The highest BCUT2D eigenvalue weighted by molar-refractivity contribution is 5.96. The van der Waals surface area contributed by atoms with Crippen molar-refractivity contribution in [3.05, 3.63) is 53.1 Å². The van der Waals surface area contributed by atoms with E-state index < -0.39 is 0 Å². The number of rotatable bonds is 8. The second-order valence-corrected chi connectivity index (χ2v) is 7.18. The van der Waals surface area contributed by atoms with Crippen molar-refractivity contribution in [2.45, 2.75) is 19.8 Å². The van der Waals surface area contributed by atoms with Crippen LogP contribution < -0.4 is 9.47 Å².